The number of fused-ring (bicyclic) bond motifs is 1. The van der Waals surface area contributed by atoms with E-state index >= 15 is 0 Å². The van der Waals surface area contributed by atoms with Crippen LogP contribution in [0.4, 0.5) is 0 Å². The lowest BCUT2D eigenvalue weighted by molar-refractivity contribution is 0.632. The summed E-state index contributed by atoms with van der Waals surface area (Å²) in [5.41, 5.74) is 9.22. The monoisotopic (exact) mass is 497 g/mol. The molecule has 0 spiro atoms. The van der Waals surface area contributed by atoms with Gasteiger partial charge in [-0.25, -0.2) is 4.98 Å². The summed E-state index contributed by atoms with van der Waals surface area (Å²) in [6.07, 6.45) is 11.8. The number of imidazole rings is 1. The van der Waals surface area contributed by atoms with Crippen molar-refractivity contribution in [1.82, 2.24) is 14.9 Å². The first kappa shape index (κ1) is 25.8. The van der Waals surface area contributed by atoms with Crippen LogP contribution in [0.25, 0.3) is 24.2 Å². The Morgan fingerprint density at radius 2 is 1.42 bits per heavy atom. The molecule has 0 fully saturated rings. The molecule has 0 aliphatic carbocycles. The van der Waals surface area contributed by atoms with Gasteiger partial charge in [0.1, 0.15) is 0 Å². The SMILES string of the molecule is [B]CCCCCCCc1cccc(Cc2nc3n(c2=C)C=C(c2ccccc2)NC=3Cc2ccccc2)c1. The lowest BCUT2D eigenvalue weighted by Crippen LogP contribution is -2.35. The first-order chi connectivity index (χ1) is 18.7. The van der Waals surface area contributed by atoms with Crippen LogP contribution in [0, 0.1) is 0 Å². The zero-order valence-electron chi connectivity index (χ0n) is 22.2. The molecule has 4 heteroatoms. The zero-order chi connectivity index (χ0) is 26.2. The Hall–Kier alpha value is -3.79. The number of hydrogen-bond acceptors (Lipinski definition) is 2. The van der Waals surface area contributed by atoms with E-state index in [0.29, 0.717) is 0 Å². The summed E-state index contributed by atoms with van der Waals surface area (Å²) >= 11 is 0. The molecule has 0 bridgehead atoms. The Morgan fingerprint density at radius 3 is 2.21 bits per heavy atom. The molecular weight excluding hydrogens is 461 g/mol. The number of nitrogens with zero attached hydrogens (tertiary/aromatic N) is 2. The fourth-order valence-electron chi connectivity index (χ4n) is 5.17. The smallest absolute Gasteiger partial charge is 0.157 e. The molecule has 0 amide bonds. The van der Waals surface area contributed by atoms with Gasteiger partial charge in [-0.1, -0.05) is 124 Å². The third-order valence-corrected chi connectivity index (χ3v) is 7.25. The van der Waals surface area contributed by atoms with Gasteiger partial charge in [0, 0.05) is 19.0 Å². The number of rotatable bonds is 12. The maximum absolute atomic E-state index is 5.61. The summed E-state index contributed by atoms with van der Waals surface area (Å²) in [6, 6.07) is 30.0. The number of aromatic nitrogens is 2. The second-order valence-electron chi connectivity index (χ2n) is 10.2. The average molecular weight is 497 g/mol. The van der Waals surface area contributed by atoms with Crippen molar-refractivity contribution in [3.05, 3.63) is 124 Å². The van der Waals surface area contributed by atoms with Gasteiger partial charge < -0.3 is 5.32 Å². The molecule has 38 heavy (non-hydrogen) atoms. The van der Waals surface area contributed by atoms with Gasteiger partial charge in [-0.3, -0.25) is 4.57 Å². The number of nitrogens with one attached hydrogen (secondary N) is 1. The highest BCUT2D eigenvalue weighted by Gasteiger charge is 2.17. The Bertz CT molecular complexity index is 1490. The molecule has 1 aromatic heterocycles. The van der Waals surface area contributed by atoms with Gasteiger partial charge in [-0.15, -0.1) is 0 Å². The highest BCUT2D eigenvalue weighted by atomic mass is 15.1. The molecule has 0 unspecified atom stereocenters. The molecule has 4 aromatic rings. The number of benzene rings is 3. The van der Waals surface area contributed by atoms with E-state index in [9.17, 15) is 0 Å². The molecule has 0 saturated heterocycles. The molecule has 1 N–H and O–H groups in total. The van der Waals surface area contributed by atoms with Gasteiger partial charge in [-0.05, 0) is 35.1 Å². The predicted octanol–water partition coefficient (Wildman–Crippen LogP) is 5.87. The topological polar surface area (TPSA) is 29.9 Å². The van der Waals surface area contributed by atoms with Crippen LogP contribution >= 0.6 is 0 Å². The van der Waals surface area contributed by atoms with Crippen LogP contribution < -0.4 is 16.1 Å². The molecule has 2 heterocycles. The Morgan fingerprint density at radius 1 is 0.737 bits per heavy atom. The Balaban J connectivity index is 1.40. The summed E-state index contributed by atoms with van der Waals surface area (Å²) in [5.74, 6) is 0. The molecule has 0 saturated carbocycles. The van der Waals surface area contributed by atoms with Crippen LogP contribution in [0.15, 0.2) is 84.9 Å². The minimum atomic E-state index is 0.774. The summed E-state index contributed by atoms with van der Waals surface area (Å²) < 4.78 is 2.16. The van der Waals surface area contributed by atoms with Crippen molar-refractivity contribution >= 4 is 32.0 Å². The highest BCUT2D eigenvalue weighted by Crippen LogP contribution is 2.19. The van der Waals surface area contributed by atoms with E-state index in [-0.39, 0.29) is 0 Å². The van der Waals surface area contributed by atoms with Gasteiger partial charge in [-0.2, -0.15) is 0 Å². The van der Waals surface area contributed by atoms with Crippen molar-refractivity contribution in [3.8, 4) is 0 Å². The van der Waals surface area contributed by atoms with E-state index in [2.05, 4.69) is 102 Å². The molecule has 0 atom stereocenters. The molecule has 3 aromatic carbocycles. The van der Waals surface area contributed by atoms with E-state index in [4.69, 9.17) is 12.8 Å². The largest absolute Gasteiger partial charge is 0.354 e. The van der Waals surface area contributed by atoms with E-state index in [1.807, 2.05) is 6.07 Å². The van der Waals surface area contributed by atoms with E-state index in [1.165, 1.54) is 42.4 Å². The van der Waals surface area contributed by atoms with E-state index in [0.717, 1.165) is 65.5 Å². The molecule has 190 valence electrons. The number of hydrogen-bond donors (Lipinski definition) is 1. The van der Waals surface area contributed by atoms with Crippen molar-refractivity contribution in [3.63, 3.8) is 0 Å². The summed E-state index contributed by atoms with van der Waals surface area (Å²) in [5, 5.41) is 4.64. The Labute approximate surface area is 228 Å². The van der Waals surface area contributed by atoms with Crippen LogP contribution in [0.1, 0.15) is 60.1 Å². The van der Waals surface area contributed by atoms with Crippen molar-refractivity contribution in [2.75, 3.05) is 0 Å². The number of unbranched alkanes of at least 4 members (excludes halogenated alkanes) is 4. The lowest BCUT2D eigenvalue weighted by Gasteiger charge is -2.19. The van der Waals surface area contributed by atoms with Crippen molar-refractivity contribution < 1.29 is 0 Å². The summed E-state index contributed by atoms with van der Waals surface area (Å²) in [6.45, 7) is 4.47. The maximum Gasteiger partial charge on any atom is 0.157 e. The lowest BCUT2D eigenvalue weighted by atomic mass is 9.97. The van der Waals surface area contributed by atoms with Crippen LogP contribution in [-0.4, -0.2) is 17.4 Å². The minimum absolute atomic E-state index is 0.774. The fraction of sp³-hybridized carbons (Fsp3) is 0.265. The van der Waals surface area contributed by atoms with Crippen LogP contribution in [-0.2, 0) is 19.3 Å². The summed E-state index contributed by atoms with van der Waals surface area (Å²) in [7, 11) is 5.61. The second-order valence-corrected chi connectivity index (χ2v) is 10.2. The Kier molecular flexibility index (Phi) is 8.60. The predicted molar refractivity (Wildman–Crippen MR) is 161 cm³/mol. The van der Waals surface area contributed by atoms with E-state index < -0.39 is 0 Å². The van der Waals surface area contributed by atoms with Crippen LogP contribution in [0.2, 0.25) is 6.32 Å². The third kappa shape index (κ3) is 6.37. The third-order valence-electron chi connectivity index (χ3n) is 7.25. The fourth-order valence-corrected chi connectivity index (χ4v) is 5.17. The van der Waals surface area contributed by atoms with Gasteiger partial charge >= 0.3 is 0 Å². The van der Waals surface area contributed by atoms with Gasteiger partial charge in [0.2, 0.25) is 0 Å². The van der Waals surface area contributed by atoms with Crippen molar-refractivity contribution in [2.24, 2.45) is 0 Å². The molecule has 2 radical (unpaired) electrons. The van der Waals surface area contributed by atoms with Crippen LogP contribution in [0.3, 0.4) is 0 Å². The average Bonchev–Trinajstić information content (AvgIpc) is 3.27. The maximum atomic E-state index is 5.61. The van der Waals surface area contributed by atoms with Gasteiger partial charge in [0.05, 0.1) is 30.3 Å². The van der Waals surface area contributed by atoms with E-state index in [1.54, 1.807) is 0 Å². The zero-order valence-corrected chi connectivity index (χ0v) is 22.2. The van der Waals surface area contributed by atoms with Crippen LogP contribution in [0.5, 0.6) is 0 Å². The highest BCUT2D eigenvalue weighted by molar-refractivity contribution is 6.08. The molecule has 3 nitrogen and oxygen atoms in total. The normalized spacial score (nSPS) is 12.6. The number of aryl methyl sites for hydroxylation is 1. The summed E-state index contributed by atoms with van der Waals surface area (Å²) in [4.78, 5) is 5.13. The molecular formula is C34H36BN3. The first-order valence-corrected chi connectivity index (χ1v) is 13.9. The second kappa shape index (κ2) is 12.6. The minimum Gasteiger partial charge on any atom is -0.354 e. The quantitative estimate of drug-likeness (QED) is 0.196. The molecule has 1 aliphatic heterocycles. The van der Waals surface area contributed by atoms with Gasteiger partial charge in [0.25, 0.3) is 0 Å². The first-order valence-electron chi connectivity index (χ1n) is 13.9. The standard InChI is InChI=1S/C34H36BN3/c1-26-31(24-29-18-13-17-27(22-29)14-7-3-2-4-12-21-35)37-34-32(23-28-15-8-5-9-16-28)36-33(25-38(26)34)30-19-10-6-11-20-30/h5-6,8-11,13,15-20,22,25,36H,1-4,7,12,14,21,23-24H2. The molecule has 5 rings (SSSR count). The molecule has 1 aliphatic rings. The van der Waals surface area contributed by atoms with Crippen molar-refractivity contribution in [1.29, 1.82) is 0 Å². The van der Waals surface area contributed by atoms with Crippen molar-refractivity contribution in [2.45, 2.75) is 57.7 Å². The van der Waals surface area contributed by atoms with Gasteiger partial charge in [0.15, 0.2) is 5.48 Å².